The zero-order valence-corrected chi connectivity index (χ0v) is 8.40. The van der Waals surface area contributed by atoms with Crippen LogP contribution in [0.2, 0.25) is 0 Å². The Morgan fingerprint density at radius 1 is 1.33 bits per heavy atom. The molecule has 2 heteroatoms. The van der Waals surface area contributed by atoms with Crippen LogP contribution in [0, 0.1) is 11.8 Å². The van der Waals surface area contributed by atoms with Gasteiger partial charge in [-0.25, -0.2) is 0 Å². The van der Waals surface area contributed by atoms with Crippen molar-refractivity contribution < 1.29 is 0 Å². The van der Waals surface area contributed by atoms with Crippen molar-refractivity contribution in [3.05, 3.63) is 0 Å². The SMILES string of the molecule is CNCCCNCC(C)C1CC1. The fourth-order valence-corrected chi connectivity index (χ4v) is 1.55. The molecule has 2 N–H and O–H groups in total. The molecule has 1 atom stereocenters. The summed E-state index contributed by atoms with van der Waals surface area (Å²) in [5.41, 5.74) is 0. The normalized spacial score (nSPS) is 19.5. The lowest BCUT2D eigenvalue weighted by atomic mass is 10.1. The third-order valence-corrected chi connectivity index (χ3v) is 2.67. The Labute approximate surface area is 76.1 Å². The molecule has 0 bridgehead atoms. The van der Waals surface area contributed by atoms with Gasteiger partial charge in [0.15, 0.2) is 0 Å². The van der Waals surface area contributed by atoms with Crippen molar-refractivity contribution in [1.82, 2.24) is 10.6 Å². The average molecular weight is 170 g/mol. The predicted molar refractivity (Wildman–Crippen MR) is 53.3 cm³/mol. The summed E-state index contributed by atoms with van der Waals surface area (Å²) in [5.74, 6) is 1.95. The average Bonchev–Trinajstić information content (AvgIpc) is 2.86. The van der Waals surface area contributed by atoms with Gasteiger partial charge in [0.25, 0.3) is 0 Å². The van der Waals surface area contributed by atoms with E-state index in [0.717, 1.165) is 24.9 Å². The van der Waals surface area contributed by atoms with E-state index in [4.69, 9.17) is 0 Å². The smallest absolute Gasteiger partial charge is 0.00205 e. The molecule has 1 saturated carbocycles. The van der Waals surface area contributed by atoms with Crippen molar-refractivity contribution in [3.63, 3.8) is 0 Å². The van der Waals surface area contributed by atoms with Gasteiger partial charge >= 0.3 is 0 Å². The van der Waals surface area contributed by atoms with Crippen LogP contribution in [0.25, 0.3) is 0 Å². The zero-order valence-electron chi connectivity index (χ0n) is 8.40. The van der Waals surface area contributed by atoms with Crippen LogP contribution in [0.1, 0.15) is 26.2 Å². The van der Waals surface area contributed by atoms with Crippen LogP contribution >= 0.6 is 0 Å². The fourth-order valence-electron chi connectivity index (χ4n) is 1.55. The summed E-state index contributed by atoms with van der Waals surface area (Å²) in [4.78, 5) is 0. The Hall–Kier alpha value is -0.0800. The van der Waals surface area contributed by atoms with Crippen LogP contribution < -0.4 is 10.6 Å². The first-order valence-corrected chi connectivity index (χ1v) is 5.20. The van der Waals surface area contributed by atoms with E-state index in [1.54, 1.807) is 0 Å². The molecule has 0 heterocycles. The van der Waals surface area contributed by atoms with E-state index in [-0.39, 0.29) is 0 Å². The van der Waals surface area contributed by atoms with Crippen LogP contribution in [0.3, 0.4) is 0 Å². The Balaban J connectivity index is 1.81. The molecule has 0 radical (unpaired) electrons. The Morgan fingerprint density at radius 2 is 2.08 bits per heavy atom. The minimum Gasteiger partial charge on any atom is -0.320 e. The summed E-state index contributed by atoms with van der Waals surface area (Å²) in [5, 5.41) is 6.65. The van der Waals surface area contributed by atoms with Gasteiger partial charge in [0.2, 0.25) is 0 Å². The molecule has 0 aliphatic heterocycles. The monoisotopic (exact) mass is 170 g/mol. The third-order valence-electron chi connectivity index (χ3n) is 2.67. The summed E-state index contributed by atoms with van der Waals surface area (Å²) in [6.07, 6.45) is 4.19. The zero-order chi connectivity index (χ0) is 8.81. The van der Waals surface area contributed by atoms with Crippen LogP contribution in [0.5, 0.6) is 0 Å². The third kappa shape index (κ3) is 4.07. The maximum atomic E-state index is 3.50. The maximum absolute atomic E-state index is 3.50. The van der Waals surface area contributed by atoms with Crippen LogP contribution in [0.4, 0.5) is 0 Å². The van der Waals surface area contributed by atoms with Gasteiger partial charge in [-0.3, -0.25) is 0 Å². The minimum absolute atomic E-state index is 0.902. The molecule has 12 heavy (non-hydrogen) atoms. The highest BCUT2D eigenvalue weighted by atomic mass is 14.9. The Kier molecular flexibility index (Phi) is 4.62. The number of rotatable bonds is 7. The highest BCUT2D eigenvalue weighted by molar-refractivity contribution is 4.79. The molecule has 0 aromatic carbocycles. The highest BCUT2D eigenvalue weighted by Crippen LogP contribution is 2.35. The van der Waals surface area contributed by atoms with Gasteiger partial charge in [0.1, 0.15) is 0 Å². The molecule has 1 aliphatic rings. The Morgan fingerprint density at radius 3 is 2.67 bits per heavy atom. The highest BCUT2D eigenvalue weighted by Gasteiger charge is 2.26. The first-order valence-electron chi connectivity index (χ1n) is 5.20. The summed E-state index contributed by atoms with van der Waals surface area (Å²) in [6, 6.07) is 0. The summed E-state index contributed by atoms with van der Waals surface area (Å²) in [7, 11) is 2.01. The number of nitrogens with one attached hydrogen (secondary N) is 2. The largest absolute Gasteiger partial charge is 0.320 e. The molecule has 0 spiro atoms. The lowest BCUT2D eigenvalue weighted by Crippen LogP contribution is -2.25. The second-order valence-corrected chi connectivity index (χ2v) is 3.98. The summed E-state index contributed by atoms with van der Waals surface area (Å²) in [6.45, 7) is 5.87. The van der Waals surface area contributed by atoms with E-state index in [1.165, 1.54) is 25.8 Å². The van der Waals surface area contributed by atoms with Crippen molar-refractivity contribution in [3.8, 4) is 0 Å². The predicted octanol–water partition coefficient (Wildman–Crippen LogP) is 1.23. The molecular weight excluding hydrogens is 148 g/mol. The minimum atomic E-state index is 0.902. The second kappa shape index (κ2) is 5.55. The van der Waals surface area contributed by atoms with E-state index in [2.05, 4.69) is 17.6 Å². The number of hydrogen-bond acceptors (Lipinski definition) is 2. The molecule has 0 saturated heterocycles. The van der Waals surface area contributed by atoms with Gasteiger partial charge < -0.3 is 10.6 Å². The van der Waals surface area contributed by atoms with Crippen LogP contribution in [0.15, 0.2) is 0 Å². The van der Waals surface area contributed by atoms with Gasteiger partial charge in [-0.1, -0.05) is 6.92 Å². The summed E-state index contributed by atoms with van der Waals surface area (Å²) >= 11 is 0. The number of hydrogen-bond donors (Lipinski definition) is 2. The molecular formula is C10H22N2. The van der Waals surface area contributed by atoms with Crippen LogP contribution in [-0.4, -0.2) is 26.7 Å². The fraction of sp³-hybridized carbons (Fsp3) is 1.00. The standard InChI is InChI=1S/C10H22N2/c1-9(10-4-5-10)8-12-7-3-6-11-2/h9-12H,3-8H2,1-2H3. The molecule has 1 fully saturated rings. The quantitative estimate of drug-likeness (QED) is 0.562. The van der Waals surface area contributed by atoms with Crippen molar-refractivity contribution in [2.75, 3.05) is 26.7 Å². The lowest BCUT2D eigenvalue weighted by molar-refractivity contribution is 0.458. The van der Waals surface area contributed by atoms with Crippen molar-refractivity contribution >= 4 is 0 Å². The van der Waals surface area contributed by atoms with Crippen molar-refractivity contribution in [1.29, 1.82) is 0 Å². The van der Waals surface area contributed by atoms with E-state index in [0.29, 0.717) is 0 Å². The maximum Gasteiger partial charge on any atom is -0.00205 e. The molecule has 0 amide bonds. The van der Waals surface area contributed by atoms with E-state index < -0.39 is 0 Å². The molecule has 72 valence electrons. The van der Waals surface area contributed by atoms with Crippen molar-refractivity contribution in [2.45, 2.75) is 26.2 Å². The van der Waals surface area contributed by atoms with E-state index in [1.807, 2.05) is 7.05 Å². The topological polar surface area (TPSA) is 24.1 Å². The van der Waals surface area contributed by atoms with Gasteiger partial charge in [-0.15, -0.1) is 0 Å². The first-order chi connectivity index (χ1) is 5.84. The molecule has 1 rings (SSSR count). The molecule has 1 aliphatic carbocycles. The first kappa shape index (κ1) is 10.0. The Bertz CT molecular complexity index is 110. The van der Waals surface area contributed by atoms with E-state index in [9.17, 15) is 0 Å². The van der Waals surface area contributed by atoms with Crippen LogP contribution in [-0.2, 0) is 0 Å². The van der Waals surface area contributed by atoms with Gasteiger partial charge in [-0.05, 0) is 57.8 Å². The molecule has 0 aromatic rings. The lowest BCUT2D eigenvalue weighted by Gasteiger charge is -2.10. The van der Waals surface area contributed by atoms with Crippen molar-refractivity contribution in [2.24, 2.45) is 11.8 Å². The molecule has 0 aromatic heterocycles. The summed E-state index contributed by atoms with van der Waals surface area (Å²) < 4.78 is 0. The molecule has 1 unspecified atom stereocenters. The van der Waals surface area contributed by atoms with Gasteiger partial charge in [0.05, 0.1) is 0 Å². The molecule has 2 nitrogen and oxygen atoms in total. The van der Waals surface area contributed by atoms with Gasteiger partial charge in [0, 0.05) is 0 Å². The second-order valence-electron chi connectivity index (χ2n) is 3.98. The van der Waals surface area contributed by atoms with Gasteiger partial charge in [-0.2, -0.15) is 0 Å². The van der Waals surface area contributed by atoms with E-state index >= 15 is 0 Å².